The zero-order valence-corrected chi connectivity index (χ0v) is 25.0. The highest BCUT2D eigenvalue weighted by atomic mass is 32.1. The molecular weight excluding hydrogens is 554 g/mol. The monoisotopic (exact) mass is 589 g/mol. The van der Waals surface area contributed by atoms with Crippen molar-refractivity contribution in [3.63, 3.8) is 0 Å². The molecule has 3 aliphatic rings. The van der Waals surface area contributed by atoms with Crippen molar-refractivity contribution in [1.29, 1.82) is 0 Å². The molecule has 42 heavy (non-hydrogen) atoms. The summed E-state index contributed by atoms with van der Waals surface area (Å²) in [6.45, 7) is 6.92. The highest BCUT2D eigenvalue weighted by Crippen LogP contribution is 2.39. The third-order valence-corrected chi connectivity index (χ3v) is 9.80. The second-order valence-corrected chi connectivity index (χ2v) is 12.6. The van der Waals surface area contributed by atoms with Gasteiger partial charge < -0.3 is 19.9 Å². The number of rotatable bonds is 5. The molecule has 3 fully saturated rings. The molecule has 5 amide bonds. The van der Waals surface area contributed by atoms with Crippen LogP contribution < -0.4 is 10.1 Å². The minimum Gasteiger partial charge on any atom is -0.497 e. The van der Waals surface area contributed by atoms with Crippen LogP contribution in [0.25, 0.3) is 10.2 Å². The number of methoxy groups -OCH3 is 1. The van der Waals surface area contributed by atoms with E-state index in [0.717, 1.165) is 11.1 Å². The van der Waals surface area contributed by atoms with Gasteiger partial charge in [-0.25, -0.2) is 9.78 Å². The van der Waals surface area contributed by atoms with Gasteiger partial charge >= 0.3 is 6.03 Å². The van der Waals surface area contributed by atoms with Gasteiger partial charge in [0.15, 0.2) is 5.01 Å². The van der Waals surface area contributed by atoms with Gasteiger partial charge in [0.2, 0.25) is 11.8 Å². The van der Waals surface area contributed by atoms with Crippen LogP contribution in [0.4, 0.5) is 10.5 Å². The molecule has 0 saturated carbocycles. The summed E-state index contributed by atoms with van der Waals surface area (Å²) in [6, 6.07) is 11.4. The maximum Gasteiger partial charge on any atom is 0.322 e. The first-order chi connectivity index (χ1) is 20.2. The molecule has 0 bridgehead atoms. The third-order valence-electron chi connectivity index (χ3n) is 8.80. The maximum absolute atomic E-state index is 13.9. The predicted octanol–water partition coefficient (Wildman–Crippen LogP) is 4.71. The summed E-state index contributed by atoms with van der Waals surface area (Å²) in [6.07, 6.45) is 1.78. The molecule has 0 spiro atoms. The SMILES string of the molecule is COc1ccc2nc(C(=O)N3C(=O)[C@@H](C)[C@@H]4[C@@H]3CCN4C(=O)[C@@H]3CCCN3C(=O)Nc3ccc(C(C)C)cc3)sc2c1. The Hall–Kier alpha value is -3.99. The Kier molecular flexibility index (Phi) is 7.38. The quantitative estimate of drug-likeness (QED) is 0.432. The fourth-order valence-electron chi connectivity index (χ4n) is 6.55. The molecule has 4 atom stereocenters. The van der Waals surface area contributed by atoms with E-state index < -0.39 is 30.0 Å². The number of hydrogen-bond donors (Lipinski definition) is 1. The number of benzene rings is 2. The second-order valence-electron chi connectivity index (χ2n) is 11.6. The number of imide groups is 1. The molecular formula is C31H35N5O5S. The Labute approximate surface area is 248 Å². The van der Waals surface area contributed by atoms with E-state index >= 15 is 0 Å². The zero-order chi connectivity index (χ0) is 29.7. The fraction of sp³-hybridized carbons (Fsp3) is 0.452. The van der Waals surface area contributed by atoms with Crippen LogP contribution in [0.1, 0.15) is 61.3 Å². The minimum absolute atomic E-state index is 0.161. The number of carbonyl (C=O) groups is 4. The number of urea groups is 1. The zero-order valence-electron chi connectivity index (χ0n) is 24.2. The molecule has 220 valence electrons. The summed E-state index contributed by atoms with van der Waals surface area (Å²) in [5, 5.41) is 3.18. The standard InChI is InChI=1S/C31H35N5O5S/c1-17(2)19-7-9-20(10-8-19)32-31(40)34-14-5-6-24(34)29(38)35-15-13-23-26(35)18(3)28(37)36(23)30(39)27-33-22-12-11-21(41-4)16-25(22)42-27/h7-12,16-18,23-24,26H,5-6,13-15H2,1-4H3,(H,32,40)/t18-,23-,24-,26+/m0/s1. The lowest BCUT2D eigenvalue weighted by Crippen LogP contribution is -2.52. The van der Waals surface area contributed by atoms with Crippen LogP contribution in [0.3, 0.4) is 0 Å². The molecule has 3 aliphatic heterocycles. The predicted molar refractivity (Wildman–Crippen MR) is 160 cm³/mol. The summed E-state index contributed by atoms with van der Waals surface area (Å²) in [7, 11) is 1.58. The number of carbonyl (C=O) groups excluding carboxylic acids is 4. The summed E-state index contributed by atoms with van der Waals surface area (Å²) >= 11 is 1.23. The fourth-order valence-corrected chi connectivity index (χ4v) is 7.48. The van der Waals surface area contributed by atoms with E-state index in [1.54, 1.807) is 36.0 Å². The molecule has 6 rings (SSSR count). The van der Waals surface area contributed by atoms with Crippen LogP contribution >= 0.6 is 11.3 Å². The van der Waals surface area contributed by atoms with Crippen molar-refractivity contribution in [1.82, 2.24) is 19.7 Å². The topological polar surface area (TPSA) is 112 Å². The van der Waals surface area contributed by atoms with Gasteiger partial charge in [0.25, 0.3) is 5.91 Å². The van der Waals surface area contributed by atoms with Crippen LogP contribution in [-0.2, 0) is 9.59 Å². The normalized spacial score (nSPS) is 23.6. The molecule has 10 nitrogen and oxygen atoms in total. The first kappa shape index (κ1) is 28.1. The summed E-state index contributed by atoms with van der Waals surface area (Å²) in [5.41, 5.74) is 2.53. The van der Waals surface area contributed by atoms with Gasteiger partial charge in [0.1, 0.15) is 11.8 Å². The van der Waals surface area contributed by atoms with Crippen LogP contribution in [0.15, 0.2) is 42.5 Å². The summed E-state index contributed by atoms with van der Waals surface area (Å²) in [5.74, 6) is -0.371. The number of hydrogen-bond acceptors (Lipinski definition) is 7. The number of nitrogens with one attached hydrogen (secondary N) is 1. The lowest BCUT2D eigenvalue weighted by Gasteiger charge is -2.32. The number of ether oxygens (including phenoxy) is 1. The lowest BCUT2D eigenvalue weighted by molar-refractivity contribution is -0.137. The van der Waals surface area contributed by atoms with Gasteiger partial charge in [-0.2, -0.15) is 0 Å². The Morgan fingerprint density at radius 3 is 2.52 bits per heavy atom. The van der Waals surface area contributed by atoms with Crippen LogP contribution in [-0.4, -0.2) is 81.8 Å². The van der Waals surface area contributed by atoms with Gasteiger partial charge in [0.05, 0.1) is 35.3 Å². The number of anilines is 1. The average molecular weight is 590 g/mol. The van der Waals surface area contributed by atoms with Crippen molar-refractivity contribution in [3.05, 3.63) is 53.0 Å². The van der Waals surface area contributed by atoms with E-state index in [-0.39, 0.29) is 22.9 Å². The van der Waals surface area contributed by atoms with Crippen LogP contribution in [0.5, 0.6) is 5.75 Å². The van der Waals surface area contributed by atoms with Gasteiger partial charge in [-0.05, 0) is 61.1 Å². The molecule has 0 aliphatic carbocycles. The summed E-state index contributed by atoms with van der Waals surface area (Å²) in [4.78, 5) is 63.4. The Balaban J connectivity index is 1.17. The van der Waals surface area contributed by atoms with Gasteiger partial charge in [-0.15, -0.1) is 11.3 Å². The average Bonchev–Trinajstić information content (AvgIpc) is 3.77. The van der Waals surface area contributed by atoms with E-state index in [2.05, 4.69) is 24.1 Å². The lowest BCUT2D eigenvalue weighted by atomic mass is 10.0. The number of amides is 5. The van der Waals surface area contributed by atoms with Gasteiger partial charge in [-0.1, -0.05) is 32.9 Å². The van der Waals surface area contributed by atoms with E-state index in [9.17, 15) is 19.2 Å². The van der Waals surface area contributed by atoms with Gasteiger partial charge in [0, 0.05) is 18.8 Å². The van der Waals surface area contributed by atoms with Crippen molar-refractivity contribution < 1.29 is 23.9 Å². The highest BCUT2D eigenvalue weighted by Gasteiger charge is 2.56. The molecule has 1 N–H and O–H groups in total. The van der Waals surface area contributed by atoms with Crippen molar-refractivity contribution in [2.75, 3.05) is 25.5 Å². The molecule has 4 heterocycles. The smallest absolute Gasteiger partial charge is 0.322 e. The van der Waals surface area contributed by atoms with Crippen molar-refractivity contribution in [2.24, 2.45) is 5.92 Å². The first-order valence-corrected chi connectivity index (χ1v) is 15.3. The molecule has 2 aromatic carbocycles. The molecule has 3 saturated heterocycles. The van der Waals surface area contributed by atoms with Crippen LogP contribution in [0, 0.1) is 5.92 Å². The largest absolute Gasteiger partial charge is 0.497 e. The van der Waals surface area contributed by atoms with E-state index in [4.69, 9.17) is 4.74 Å². The Bertz CT molecular complexity index is 1550. The third kappa shape index (κ3) is 4.79. The highest BCUT2D eigenvalue weighted by molar-refractivity contribution is 7.20. The molecule has 1 aromatic heterocycles. The molecule has 0 unspecified atom stereocenters. The van der Waals surface area contributed by atoms with Gasteiger partial charge in [-0.3, -0.25) is 19.3 Å². The number of thiazole rings is 1. The van der Waals surface area contributed by atoms with E-state index in [0.29, 0.717) is 48.8 Å². The minimum atomic E-state index is -0.606. The van der Waals surface area contributed by atoms with Crippen molar-refractivity contribution >= 4 is 51.0 Å². The number of likely N-dealkylation sites (tertiary alicyclic amines) is 3. The Morgan fingerprint density at radius 1 is 1.05 bits per heavy atom. The molecule has 0 radical (unpaired) electrons. The van der Waals surface area contributed by atoms with E-state index in [1.807, 2.05) is 30.3 Å². The number of nitrogens with zero attached hydrogens (tertiary/aromatic N) is 4. The first-order valence-electron chi connectivity index (χ1n) is 14.5. The molecule has 11 heteroatoms. The van der Waals surface area contributed by atoms with E-state index in [1.165, 1.54) is 21.8 Å². The molecule has 3 aromatic rings. The number of aromatic nitrogens is 1. The summed E-state index contributed by atoms with van der Waals surface area (Å²) < 4.78 is 6.08. The Morgan fingerprint density at radius 2 is 1.81 bits per heavy atom. The second kappa shape index (κ2) is 11.0. The van der Waals surface area contributed by atoms with Crippen LogP contribution in [0.2, 0.25) is 0 Å². The maximum atomic E-state index is 13.9. The van der Waals surface area contributed by atoms with Crippen molar-refractivity contribution in [2.45, 2.75) is 64.1 Å². The number of fused-ring (bicyclic) bond motifs is 2. The van der Waals surface area contributed by atoms with Crippen molar-refractivity contribution in [3.8, 4) is 5.75 Å².